The van der Waals surface area contributed by atoms with Gasteiger partial charge in [-0.1, -0.05) is 23.4 Å². The molecule has 2 rings (SSSR count). The van der Waals surface area contributed by atoms with Gasteiger partial charge in [-0.2, -0.15) is 0 Å². The first-order valence-corrected chi connectivity index (χ1v) is 5.85. The lowest BCUT2D eigenvalue weighted by atomic mass is 10.0. The molecule has 0 bridgehead atoms. The highest BCUT2D eigenvalue weighted by Crippen LogP contribution is 2.27. The van der Waals surface area contributed by atoms with Crippen molar-refractivity contribution in [2.75, 3.05) is 14.2 Å². The zero-order valence-electron chi connectivity index (χ0n) is 11.1. The van der Waals surface area contributed by atoms with Crippen LogP contribution >= 0.6 is 0 Å². The van der Waals surface area contributed by atoms with Crippen molar-refractivity contribution in [1.29, 1.82) is 0 Å². The fourth-order valence-corrected chi connectivity index (χ4v) is 2.02. The van der Waals surface area contributed by atoms with E-state index in [4.69, 9.17) is 9.47 Å². The highest BCUT2D eigenvalue weighted by molar-refractivity contribution is 5.33. The summed E-state index contributed by atoms with van der Waals surface area (Å²) in [5.74, 6) is 0. The number of benzene rings is 1. The van der Waals surface area contributed by atoms with Crippen LogP contribution in [0.15, 0.2) is 36.5 Å². The van der Waals surface area contributed by atoms with Crippen molar-refractivity contribution in [3.8, 4) is 5.69 Å². The van der Waals surface area contributed by atoms with E-state index in [1.165, 1.54) is 20.4 Å². The maximum absolute atomic E-state index is 10.6. The second-order valence-corrected chi connectivity index (χ2v) is 4.32. The Morgan fingerprint density at radius 1 is 1.21 bits per heavy atom. The Bertz CT molecular complexity index is 521. The van der Waals surface area contributed by atoms with E-state index in [1.54, 1.807) is 11.6 Å². The van der Waals surface area contributed by atoms with Gasteiger partial charge >= 0.3 is 0 Å². The lowest BCUT2D eigenvalue weighted by Gasteiger charge is -2.30. The molecule has 1 aromatic heterocycles. The smallest absolute Gasteiger partial charge is 0.191 e. The monoisotopic (exact) mass is 263 g/mol. The van der Waals surface area contributed by atoms with Crippen molar-refractivity contribution >= 4 is 0 Å². The highest BCUT2D eigenvalue weighted by atomic mass is 16.7. The minimum Gasteiger partial charge on any atom is -0.378 e. The normalized spacial score (nSPS) is 14.6. The summed E-state index contributed by atoms with van der Waals surface area (Å²) in [6, 6.07) is 9.44. The molecule has 0 aliphatic carbocycles. The molecule has 1 aromatic carbocycles. The van der Waals surface area contributed by atoms with Crippen LogP contribution in [0.4, 0.5) is 0 Å². The van der Waals surface area contributed by atoms with Crippen molar-refractivity contribution in [1.82, 2.24) is 15.0 Å². The summed E-state index contributed by atoms with van der Waals surface area (Å²) in [6.45, 7) is 1.60. The van der Waals surface area contributed by atoms with Crippen LogP contribution in [-0.4, -0.2) is 40.6 Å². The summed E-state index contributed by atoms with van der Waals surface area (Å²) in [7, 11) is 2.94. The van der Waals surface area contributed by atoms with Crippen LogP contribution in [0.5, 0.6) is 0 Å². The fourth-order valence-electron chi connectivity index (χ4n) is 2.02. The van der Waals surface area contributed by atoms with E-state index in [2.05, 4.69) is 10.3 Å². The SMILES string of the molecule is COC(OC)C(C)(O)c1cnnn1-c1ccccc1. The lowest BCUT2D eigenvalue weighted by Crippen LogP contribution is -2.41. The van der Waals surface area contributed by atoms with Gasteiger partial charge in [-0.25, -0.2) is 4.68 Å². The molecular weight excluding hydrogens is 246 g/mol. The van der Waals surface area contributed by atoms with Crippen LogP contribution in [-0.2, 0) is 15.1 Å². The standard InChI is InChI=1S/C13H17N3O3/c1-13(17,12(18-2)19-3)11-9-14-15-16(11)10-7-5-4-6-8-10/h4-9,12,17H,1-3H3. The number of para-hydroxylation sites is 1. The van der Waals surface area contributed by atoms with E-state index in [-0.39, 0.29) is 0 Å². The van der Waals surface area contributed by atoms with Gasteiger partial charge < -0.3 is 14.6 Å². The maximum Gasteiger partial charge on any atom is 0.191 e. The molecule has 0 aliphatic heterocycles. The van der Waals surface area contributed by atoms with Gasteiger partial charge in [0.05, 0.1) is 11.9 Å². The van der Waals surface area contributed by atoms with E-state index < -0.39 is 11.9 Å². The highest BCUT2D eigenvalue weighted by Gasteiger charge is 2.38. The number of aromatic nitrogens is 3. The Morgan fingerprint density at radius 3 is 2.42 bits per heavy atom. The van der Waals surface area contributed by atoms with Gasteiger partial charge in [0.15, 0.2) is 11.9 Å². The lowest BCUT2D eigenvalue weighted by molar-refractivity contribution is -0.215. The third-order valence-corrected chi connectivity index (χ3v) is 2.96. The predicted octanol–water partition coefficient (Wildman–Crippen LogP) is 1.09. The summed E-state index contributed by atoms with van der Waals surface area (Å²) in [5.41, 5.74) is -0.0725. The third kappa shape index (κ3) is 2.51. The molecule has 0 spiro atoms. The fraction of sp³-hybridized carbons (Fsp3) is 0.385. The Kier molecular flexibility index (Phi) is 3.94. The molecule has 1 unspecified atom stereocenters. The summed E-state index contributed by atoms with van der Waals surface area (Å²) in [6.07, 6.45) is 0.686. The Morgan fingerprint density at radius 2 is 1.84 bits per heavy atom. The second-order valence-electron chi connectivity index (χ2n) is 4.32. The number of methoxy groups -OCH3 is 2. The number of ether oxygens (including phenoxy) is 2. The molecule has 6 nitrogen and oxygen atoms in total. The van der Waals surface area contributed by atoms with Crippen molar-refractivity contribution in [2.45, 2.75) is 18.8 Å². The van der Waals surface area contributed by atoms with Gasteiger partial charge in [0, 0.05) is 14.2 Å². The molecule has 19 heavy (non-hydrogen) atoms. The molecule has 0 amide bonds. The van der Waals surface area contributed by atoms with E-state index in [9.17, 15) is 5.11 Å². The largest absolute Gasteiger partial charge is 0.378 e. The zero-order valence-corrected chi connectivity index (χ0v) is 11.1. The van der Waals surface area contributed by atoms with Crippen LogP contribution in [0.25, 0.3) is 5.69 Å². The summed E-state index contributed by atoms with van der Waals surface area (Å²) >= 11 is 0. The van der Waals surface area contributed by atoms with Crippen molar-refractivity contribution < 1.29 is 14.6 Å². The maximum atomic E-state index is 10.6. The first-order chi connectivity index (χ1) is 9.11. The number of hydrogen-bond donors (Lipinski definition) is 1. The van der Waals surface area contributed by atoms with E-state index in [0.29, 0.717) is 5.69 Å². The van der Waals surface area contributed by atoms with Crippen LogP contribution < -0.4 is 0 Å². The number of aliphatic hydroxyl groups is 1. The van der Waals surface area contributed by atoms with E-state index in [1.807, 2.05) is 30.3 Å². The Balaban J connectivity index is 2.45. The average Bonchev–Trinajstić information content (AvgIpc) is 2.91. The molecule has 0 saturated carbocycles. The number of rotatable bonds is 5. The van der Waals surface area contributed by atoms with Crippen LogP contribution in [0.2, 0.25) is 0 Å². The Labute approximate surface area is 111 Å². The molecule has 0 aliphatic rings. The molecule has 6 heteroatoms. The van der Waals surface area contributed by atoms with E-state index in [0.717, 1.165) is 5.69 Å². The molecule has 102 valence electrons. The summed E-state index contributed by atoms with van der Waals surface area (Å²) < 4.78 is 11.8. The summed E-state index contributed by atoms with van der Waals surface area (Å²) in [5, 5.41) is 18.5. The van der Waals surface area contributed by atoms with Crippen LogP contribution in [0.3, 0.4) is 0 Å². The van der Waals surface area contributed by atoms with Gasteiger partial charge in [-0.3, -0.25) is 0 Å². The van der Waals surface area contributed by atoms with Gasteiger partial charge in [-0.15, -0.1) is 5.10 Å². The van der Waals surface area contributed by atoms with Crippen molar-refractivity contribution in [3.05, 3.63) is 42.2 Å². The second kappa shape index (κ2) is 5.48. The first kappa shape index (κ1) is 13.7. The van der Waals surface area contributed by atoms with Gasteiger partial charge in [0.25, 0.3) is 0 Å². The zero-order chi connectivity index (χ0) is 13.9. The van der Waals surface area contributed by atoms with E-state index >= 15 is 0 Å². The molecule has 1 heterocycles. The van der Waals surface area contributed by atoms with Crippen molar-refractivity contribution in [3.63, 3.8) is 0 Å². The number of nitrogens with zero attached hydrogens (tertiary/aromatic N) is 3. The molecule has 1 N–H and O–H groups in total. The van der Waals surface area contributed by atoms with Crippen molar-refractivity contribution in [2.24, 2.45) is 0 Å². The topological polar surface area (TPSA) is 69.4 Å². The third-order valence-electron chi connectivity index (χ3n) is 2.96. The minimum atomic E-state index is -1.37. The molecule has 1 atom stereocenters. The molecule has 2 aromatic rings. The van der Waals surface area contributed by atoms with Gasteiger partial charge in [-0.05, 0) is 19.1 Å². The van der Waals surface area contributed by atoms with Crippen LogP contribution in [0.1, 0.15) is 12.6 Å². The number of hydrogen-bond acceptors (Lipinski definition) is 5. The summed E-state index contributed by atoms with van der Waals surface area (Å²) in [4.78, 5) is 0. The van der Waals surface area contributed by atoms with Gasteiger partial charge in [0.2, 0.25) is 0 Å². The quantitative estimate of drug-likeness (QED) is 0.818. The first-order valence-electron chi connectivity index (χ1n) is 5.85. The minimum absolute atomic E-state index is 0.493. The average molecular weight is 263 g/mol. The van der Waals surface area contributed by atoms with Gasteiger partial charge in [0.1, 0.15) is 5.69 Å². The Hall–Kier alpha value is -1.76. The van der Waals surface area contributed by atoms with Crippen LogP contribution in [0, 0.1) is 0 Å². The molecule has 0 radical (unpaired) electrons. The molecule has 0 saturated heterocycles. The molecular formula is C13H17N3O3. The molecule has 0 fully saturated rings. The predicted molar refractivity (Wildman–Crippen MR) is 68.7 cm³/mol.